The molecule has 1 amide bonds. The van der Waals surface area contributed by atoms with Crippen LogP contribution < -0.4 is 5.73 Å². The largest absolute Gasteiger partial charge is 0.345 e. The Labute approximate surface area is 122 Å². The molecule has 0 aromatic heterocycles. The normalized spacial score (nSPS) is 12.3. The number of likely N-dealkylation sites (N-methyl/N-ethyl adjacent to an activating group) is 1. The Hall–Kier alpha value is -0.940. The second-order valence-corrected chi connectivity index (χ2v) is 5.73. The van der Waals surface area contributed by atoms with Crippen LogP contribution in [0.3, 0.4) is 0 Å². The van der Waals surface area contributed by atoms with Crippen LogP contribution in [0.2, 0.25) is 0 Å². The minimum Gasteiger partial charge on any atom is -0.345 e. The van der Waals surface area contributed by atoms with Crippen molar-refractivity contribution >= 4 is 21.8 Å². The summed E-state index contributed by atoms with van der Waals surface area (Å²) in [7, 11) is 1.74. The zero-order valence-corrected chi connectivity index (χ0v) is 12.9. The molecule has 0 aliphatic carbocycles. The Morgan fingerprint density at radius 3 is 2.84 bits per heavy atom. The van der Waals surface area contributed by atoms with Gasteiger partial charge in [0.25, 0.3) is 0 Å². The summed E-state index contributed by atoms with van der Waals surface area (Å²) >= 11 is 3.31. The highest BCUT2D eigenvalue weighted by Crippen LogP contribution is 2.16. The lowest BCUT2D eigenvalue weighted by molar-refractivity contribution is -0.130. The second kappa shape index (κ2) is 7.60. The standard InChI is InChI=1S/C14H20BrFN2O/c1-10(17)3-6-14(19)18(2)8-7-11-9-12(15)4-5-13(11)16/h4-5,9-10H,3,6-8,17H2,1-2H3. The summed E-state index contributed by atoms with van der Waals surface area (Å²) in [6.45, 7) is 2.38. The first kappa shape index (κ1) is 16.1. The Bertz CT molecular complexity index is 437. The van der Waals surface area contributed by atoms with Gasteiger partial charge in [-0.25, -0.2) is 4.39 Å². The molecule has 1 atom stereocenters. The van der Waals surface area contributed by atoms with Gasteiger partial charge in [-0.2, -0.15) is 0 Å². The van der Waals surface area contributed by atoms with Crippen molar-refractivity contribution in [2.45, 2.75) is 32.2 Å². The molecule has 0 aliphatic rings. The first-order valence-electron chi connectivity index (χ1n) is 6.33. The maximum absolute atomic E-state index is 13.5. The molecule has 0 radical (unpaired) electrons. The molecule has 0 heterocycles. The highest BCUT2D eigenvalue weighted by atomic mass is 79.9. The maximum atomic E-state index is 13.5. The van der Waals surface area contributed by atoms with E-state index >= 15 is 0 Å². The van der Waals surface area contributed by atoms with Crippen LogP contribution in [-0.4, -0.2) is 30.4 Å². The number of rotatable bonds is 6. The minimum atomic E-state index is -0.236. The summed E-state index contributed by atoms with van der Waals surface area (Å²) in [5, 5.41) is 0. The number of benzene rings is 1. The van der Waals surface area contributed by atoms with Gasteiger partial charge in [0.2, 0.25) is 5.91 Å². The third-order valence-corrected chi connectivity index (χ3v) is 3.46. The lowest BCUT2D eigenvalue weighted by atomic mass is 10.1. The van der Waals surface area contributed by atoms with Crippen molar-refractivity contribution in [1.29, 1.82) is 0 Å². The zero-order chi connectivity index (χ0) is 14.4. The topological polar surface area (TPSA) is 46.3 Å². The Balaban J connectivity index is 2.47. The van der Waals surface area contributed by atoms with Gasteiger partial charge in [0.05, 0.1) is 0 Å². The van der Waals surface area contributed by atoms with Crippen molar-refractivity contribution in [2.24, 2.45) is 5.73 Å². The SMILES string of the molecule is CC(N)CCC(=O)N(C)CCc1cc(Br)ccc1F. The molecule has 1 unspecified atom stereocenters. The number of nitrogens with zero attached hydrogens (tertiary/aromatic N) is 1. The van der Waals surface area contributed by atoms with Crippen molar-refractivity contribution in [1.82, 2.24) is 4.90 Å². The number of carbonyl (C=O) groups is 1. The number of hydrogen-bond acceptors (Lipinski definition) is 2. The number of hydrogen-bond donors (Lipinski definition) is 1. The van der Waals surface area contributed by atoms with E-state index in [9.17, 15) is 9.18 Å². The van der Waals surface area contributed by atoms with Crippen LogP contribution >= 0.6 is 15.9 Å². The molecular weight excluding hydrogens is 311 g/mol. The van der Waals surface area contributed by atoms with E-state index in [-0.39, 0.29) is 17.8 Å². The van der Waals surface area contributed by atoms with Crippen molar-refractivity contribution < 1.29 is 9.18 Å². The van der Waals surface area contributed by atoms with E-state index in [1.165, 1.54) is 6.07 Å². The molecule has 19 heavy (non-hydrogen) atoms. The summed E-state index contributed by atoms with van der Waals surface area (Å²) in [6.07, 6.45) is 1.62. The van der Waals surface area contributed by atoms with Crippen LogP contribution in [0.5, 0.6) is 0 Å². The highest BCUT2D eigenvalue weighted by molar-refractivity contribution is 9.10. The molecule has 0 fully saturated rings. The minimum absolute atomic E-state index is 0.0277. The van der Waals surface area contributed by atoms with Gasteiger partial charge >= 0.3 is 0 Å². The van der Waals surface area contributed by atoms with Crippen LogP contribution in [0.15, 0.2) is 22.7 Å². The maximum Gasteiger partial charge on any atom is 0.222 e. The van der Waals surface area contributed by atoms with Crippen LogP contribution in [0.25, 0.3) is 0 Å². The molecule has 0 bridgehead atoms. The highest BCUT2D eigenvalue weighted by Gasteiger charge is 2.11. The monoisotopic (exact) mass is 330 g/mol. The van der Waals surface area contributed by atoms with Crippen LogP contribution in [0.4, 0.5) is 4.39 Å². The van der Waals surface area contributed by atoms with Crippen LogP contribution in [0, 0.1) is 5.82 Å². The molecule has 0 saturated carbocycles. The second-order valence-electron chi connectivity index (χ2n) is 4.82. The molecule has 106 valence electrons. The molecule has 2 N–H and O–H groups in total. The van der Waals surface area contributed by atoms with E-state index < -0.39 is 0 Å². The lowest BCUT2D eigenvalue weighted by Gasteiger charge is -2.18. The summed E-state index contributed by atoms with van der Waals surface area (Å²) in [4.78, 5) is 13.4. The Morgan fingerprint density at radius 2 is 2.21 bits per heavy atom. The molecule has 1 aromatic rings. The fourth-order valence-corrected chi connectivity index (χ4v) is 2.10. The average Bonchev–Trinajstić information content (AvgIpc) is 2.36. The van der Waals surface area contributed by atoms with Gasteiger partial charge in [0, 0.05) is 30.5 Å². The van der Waals surface area contributed by atoms with E-state index in [1.807, 2.05) is 6.92 Å². The Kier molecular flexibility index (Phi) is 6.45. The van der Waals surface area contributed by atoms with E-state index in [2.05, 4.69) is 15.9 Å². The smallest absolute Gasteiger partial charge is 0.222 e. The average molecular weight is 331 g/mol. The van der Waals surface area contributed by atoms with Gasteiger partial charge in [0.1, 0.15) is 5.82 Å². The molecule has 5 heteroatoms. The molecule has 3 nitrogen and oxygen atoms in total. The van der Waals surface area contributed by atoms with Crippen LogP contribution in [0.1, 0.15) is 25.3 Å². The molecular formula is C14H20BrFN2O. The first-order valence-corrected chi connectivity index (χ1v) is 7.13. The van der Waals surface area contributed by atoms with Crippen molar-refractivity contribution in [3.05, 3.63) is 34.1 Å². The van der Waals surface area contributed by atoms with E-state index in [0.29, 0.717) is 31.4 Å². The quantitative estimate of drug-likeness (QED) is 0.871. The number of amides is 1. The van der Waals surface area contributed by atoms with Gasteiger partial charge in [-0.3, -0.25) is 4.79 Å². The van der Waals surface area contributed by atoms with Gasteiger partial charge < -0.3 is 10.6 Å². The van der Waals surface area contributed by atoms with Gasteiger partial charge in [-0.15, -0.1) is 0 Å². The van der Waals surface area contributed by atoms with E-state index in [1.54, 1.807) is 24.1 Å². The first-order chi connectivity index (χ1) is 8.90. The molecule has 0 spiro atoms. The predicted octanol–water partition coefficient (Wildman–Crippen LogP) is 2.72. The van der Waals surface area contributed by atoms with Crippen molar-refractivity contribution in [3.63, 3.8) is 0 Å². The number of halogens is 2. The number of nitrogens with two attached hydrogens (primary N) is 1. The van der Waals surface area contributed by atoms with E-state index in [0.717, 1.165) is 4.47 Å². The van der Waals surface area contributed by atoms with E-state index in [4.69, 9.17) is 5.73 Å². The molecule has 1 rings (SSSR count). The summed E-state index contributed by atoms with van der Waals surface area (Å²) in [6, 6.07) is 4.86. The third-order valence-electron chi connectivity index (χ3n) is 2.96. The predicted molar refractivity (Wildman–Crippen MR) is 78.3 cm³/mol. The summed E-state index contributed by atoms with van der Waals surface area (Å²) in [5.41, 5.74) is 6.23. The summed E-state index contributed by atoms with van der Waals surface area (Å²) in [5.74, 6) is -0.188. The van der Waals surface area contributed by atoms with Crippen LogP contribution in [-0.2, 0) is 11.2 Å². The lowest BCUT2D eigenvalue weighted by Crippen LogP contribution is -2.30. The summed E-state index contributed by atoms with van der Waals surface area (Å²) < 4.78 is 14.4. The van der Waals surface area contributed by atoms with Gasteiger partial charge in [-0.1, -0.05) is 15.9 Å². The Morgan fingerprint density at radius 1 is 1.53 bits per heavy atom. The number of carbonyl (C=O) groups excluding carboxylic acids is 1. The molecule has 0 aliphatic heterocycles. The van der Waals surface area contributed by atoms with Crippen molar-refractivity contribution in [2.75, 3.05) is 13.6 Å². The zero-order valence-electron chi connectivity index (χ0n) is 11.3. The molecule has 0 saturated heterocycles. The molecule has 1 aromatic carbocycles. The fourth-order valence-electron chi connectivity index (χ4n) is 1.69. The van der Waals surface area contributed by atoms with Gasteiger partial charge in [0.15, 0.2) is 0 Å². The third kappa shape index (κ3) is 5.70. The van der Waals surface area contributed by atoms with Crippen molar-refractivity contribution in [3.8, 4) is 0 Å². The fraction of sp³-hybridized carbons (Fsp3) is 0.500. The van der Waals surface area contributed by atoms with Gasteiger partial charge in [-0.05, 0) is 43.5 Å².